The molecular formula is C15H19Cl2NO3. The summed E-state index contributed by atoms with van der Waals surface area (Å²) in [6, 6.07) is 5.12. The number of aliphatic carboxylic acids is 1. The van der Waals surface area contributed by atoms with Gasteiger partial charge >= 0.3 is 5.97 Å². The second kappa shape index (κ2) is 7.14. The number of amides is 1. The summed E-state index contributed by atoms with van der Waals surface area (Å²) in [4.78, 5) is 24.5. The molecule has 1 aromatic rings. The first-order valence-corrected chi connectivity index (χ1v) is 7.33. The van der Waals surface area contributed by atoms with E-state index >= 15 is 0 Å². The molecule has 0 heterocycles. The summed E-state index contributed by atoms with van der Waals surface area (Å²) in [7, 11) is 0. The molecule has 6 heteroatoms. The van der Waals surface area contributed by atoms with E-state index in [1.165, 1.54) is 4.90 Å². The predicted molar refractivity (Wildman–Crippen MR) is 83.9 cm³/mol. The van der Waals surface area contributed by atoms with Crippen molar-refractivity contribution in [1.82, 2.24) is 4.90 Å². The Kier molecular flexibility index (Phi) is 6.05. The van der Waals surface area contributed by atoms with Crippen LogP contribution in [0.3, 0.4) is 0 Å². The zero-order chi connectivity index (χ0) is 16.2. The minimum Gasteiger partial charge on any atom is -0.480 e. The van der Waals surface area contributed by atoms with E-state index < -0.39 is 11.5 Å². The van der Waals surface area contributed by atoms with Gasteiger partial charge < -0.3 is 10.0 Å². The summed E-state index contributed by atoms with van der Waals surface area (Å²) < 4.78 is 0. The maximum Gasteiger partial charge on any atom is 0.323 e. The average Bonchev–Trinajstić information content (AvgIpc) is 2.33. The van der Waals surface area contributed by atoms with E-state index in [9.17, 15) is 9.59 Å². The quantitative estimate of drug-likeness (QED) is 0.896. The van der Waals surface area contributed by atoms with Crippen molar-refractivity contribution < 1.29 is 14.7 Å². The number of carbonyl (C=O) groups excluding carboxylic acids is 1. The Hall–Kier alpha value is -1.26. The molecule has 0 fully saturated rings. The molecule has 1 N–H and O–H groups in total. The molecule has 116 valence electrons. The monoisotopic (exact) mass is 331 g/mol. The van der Waals surface area contributed by atoms with Crippen molar-refractivity contribution in [2.75, 3.05) is 6.54 Å². The minimum absolute atomic E-state index is 0.200. The topological polar surface area (TPSA) is 57.6 Å². The lowest BCUT2D eigenvalue weighted by Gasteiger charge is -2.34. The Morgan fingerprint density at radius 3 is 2.33 bits per heavy atom. The highest BCUT2D eigenvalue weighted by molar-refractivity contribution is 6.35. The van der Waals surface area contributed by atoms with Crippen LogP contribution in [-0.2, 0) is 16.0 Å². The maximum atomic E-state index is 12.3. The van der Waals surface area contributed by atoms with Gasteiger partial charge in [-0.15, -0.1) is 0 Å². The van der Waals surface area contributed by atoms with Crippen LogP contribution in [0.4, 0.5) is 0 Å². The van der Waals surface area contributed by atoms with Crippen LogP contribution in [-0.4, -0.2) is 34.0 Å². The van der Waals surface area contributed by atoms with Gasteiger partial charge in [-0.05, 0) is 44.9 Å². The molecule has 0 spiro atoms. The van der Waals surface area contributed by atoms with Crippen LogP contribution in [0.5, 0.6) is 0 Å². The molecule has 4 nitrogen and oxygen atoms in total. The fourth-order valence-electron chi connectivity index (χ4n) is 1.94. The van der Waals surface area contributed by atoms with Gasteiger partial charge in [0, 0.05) is 22.0 Å². The zero-order valence-electron chi connectivity index (χ0n) is 12.3. The Morgan fingerprint density at radius 2 is 1.86 bits per heavy atom. The number of halogens is 2. The predicted octanol–water partition coefficient (Wildman–Crippen LogP) is 3.64. The lowest BCUT2D eigenvalue weighted by molar-refractivity contribution is -0.148. The van der Waals surface area contributed by atoms with Gasteiger partial charge in [0.25, 0.3) is 0 Å². The average molecular weight is 332 g/mol. The van der Waals surface area contributed by atoms with Crippen molar-refractivity contribution in [2.24, 2.45) is 0 Å². The van der Waals surface area contributed by atoms with Crippen LogP contribution >= 0.6 is 23.2 Å². The van der Waals surface area contributed by atoms with Crippen molar-refractivity contribution in [3.8, 4) is 0 Å². The SMILES string of the molecule is CC(C)(C)N(CC(=O)O)C(=O)CCc1ccc(Cl)cc1Cl. The standard InChI is InChI=1S/C15H19Cl2NO3/c1-15(2,3)18(9-14(20)21)13(19)7-5-10-4-6-11(16)8-12(10)17/h4,6,8H,5,7,9H2,1-3H3,(H,20,21). The molecule has 0 aliphatic rings. The molecule has 0 bridgehead atoms. The van der Waals surface area contributed by atoms with Crippen molar-refractivity contribution >= 4 is 35.1 Å². The zero-order valence-corrected chi connectivity index (χ0v) is 13.8. The molecule has 0 saturated heterocycles. The lowest BCUT2D eigenvalue weighted by atomic mass is 10.0. The van der Waals surface area contributed by atoms with Gasteiger partial charge in [-0.1, -0.05) is 29.3 Å². The normalized spacial score (nSPS) is 11.3. The minimum atomic E-state index is -1.03. The first kappa shape index (κ1) is 17.8. The van der Waals surface area contributed by atoms with Crippen LogP contribution < -0.4 is 0 Å². The van der Waals surface area contributed by atoms with E-state index in [1.54, 1.807) is 18.2 Å². The van der Waals surface area contributed by atoms with E-state index in [-0.39, 0.29) is 18.9 Å². The summed E-state index contributed by atoms with van der Waals surface area (Å²) in [6.07, 6.45) is 0.646. The summed E-state index contributed by atoms with van der Waals surface area (Å²) in [6.45, 7) is 5.12. The van der Waals surface area contributed by atoms with Gasteiger partial charge in [-0.3, -0.25) is 9.59 Å². The first-order chi connectivity index (χ1) is 9.61. The summed E-state index contributed by atoms with van der Waals surface area (Å²) in [5, 5.41) is 9.98. The van der Waals surface area contributed by atoms with Crippen LogP contribution in [0.2, 0.25) is 10.0 Å². The Balaban J connectivity index is 2.76. The van der Waals surface area contributed by atoms with Gasteiger partial charge in [0.05, 0.1) is 0 Å². The second-order valence-electron chi connectivity index (χ2n) is 5.78. The van der Waals surface area contributed by atoms with Crippen LogP contribution in [0.15, 0.2) is 18.2 Å². The third kappa shape index (κ3) is 5.56. The number of hydrogen-bond acceptors (Lipinski definition) is 2. The van der Waals surface area contributed by atoms with Crippen molar-refractivity contribution in [1.29, 1.82) is 0 Å². The van der Waals surface area contributed by atoms with Gasteiger partial charge in [0.15, 0.2) is 0 Å². The fraction of sp³-hybridized carbons (Fsp3) is 0.467. The Morgan fingerprint density at radius 1 is 1.24 bits per heavy atom. The van der Waals surface area contributed by atoms with Gasteiger partial charge in [-0.25, -0.2) is 0 Å². The van der Waals surface area contributed by atoms with Crippen LogP contribution in [0.1, 0.15) is 32.8 Å². The van der Waals surface area contributed by atoms with E-state index in [0.717, 1.165) is 5.56 Å². The van der Waals surface area contributed by atoms with E-state index in [4.69, 9.17) is 28.3 Å². The molecule has 1 rings (SSSR count). The maximum absolute atomic E-state index is 12.3. The van der Waals surface area contributed by atoms with E-state index in [1.807, 2.05) is 20.8 Å². The molecule has 21 heavy (non-hydrogen) atoms. The number of carbonyl (C=O) groups is 2. The second-order valence-corrected chi connectivity index (χ2v) is 6.62. The van der Waals surface area contributed by atoms with Crippen molar-refractivity contribution in [3.05, 3.63) is 33.8 Å². The molecule has 1 amide bonds. The van der Waals surface area contributed by atoms with Crippen molar-refractivity contribution in [3.63, 3.8) is 0 Å². The number of hydrogen-bond donors (Lipinski definition) is 1. The van der Waals surface area contributed by atoms with Crippen LogP contribution in [0, 0.1) is 0 Å². The fourth-order valence-corrected chi connectivity index (χ4v) is 2.44. The molecular weight excluding hydrogens is 313 g/mol. The van der Waals surface area contributed by atoms with E-state index in [0.29, 0.717) is 16.5 Å². The third-order valence-corrected chi connectivity index (χ3v) is 3.61. The van der Waals surface area contributed by atoms with Gasteiger partial charge in [-0.2, -0.15) is 0 Å². The molecule has 0 unspecified atom stereocenters. The molecule has 1 aromatic carbocycles. The molecule has 0 radical (unpaired) electrons. The number of benzene rings is 1. The summed E-state index contributed by atoms with van der Waals surface area (Å²) in [5.41, 5.74) is 0.276. The molecule has 0 aromatic heterocycles. The number of carboxylic acids is 1. The third-order valence-electron chi connectivity index (χ3n) is 3.03. The van der Waals surface area contributed by atoms with Gasteiger partial charge in [0.1, 0.15) is 6.54 Å². The molecule has 0 aliphatic carbocycles. The van der Waals surface area contributed by atoms with E-state index in [2.05, 4.69) is 0 Å². The van der Waals surface area contributed by atoms with Crippen molar-refractivity contribution in [2.45, 2.75) is 39.2 Å². The Bertz CT molecular complexity index is 538. The van der Waals surface area contributed by atoms with Gasteiger partial charge in [0.2, 0.25) is 5.91 Å². The highest BCUT2D eigenvalue weighted by Gasteiger charge is 2.28. The largest absolute Gasteiger partial charge is 0.480 e. The summed E-state index contributed by atoms with van der Waals surface area (Å²) >= 11 is 11.9. The Labute approximate surface area is 134 Å². The lowest BCUT2D eigenvalue weighted by Crippen LogP contribution is -2.48. The highest BCUT2D eigenvalue weighted by Crippen LogP contribution is 2.23. The van der Waals surface area contributed by atoms with Crippen LogP contribution in [0.25, 0.3) is 0 Å². The number of aryl methyl sites for hydroxylation is 1. The smallest absolute Gasteiger partial charge is 0.323 e. The molecule has 0 atom stereocenters. The number of rotatable bonds is 5. The molecule has 0 aliphatic heterocycles. The first-order valence-electron chi connectivity index (χ1n) is 6.57. The summed E-state index contributed by atoms with van der Waals surface area (Å²) in [5.74, 6) is -1.24. The number of carboxylic acid groups (broad SMARTS) is 1. The molecule has 0 saturated carbocycles. The highest BCUT2D eigenvalue weighted by atomic mass is 35.5. The number of nitrogens with zero attached hydrogens (tertiary/aromatic N) is 1.